The average molecular weight is 373 g/mol. The van der Waals surface area contributed by atoms with Gasteiger partial charge in [-0.15, -0.1) is 11.3 Å². The maximum atomic E-state index is 12.9. The number of Topliss-reactive ketones (excluding diaryl/α,β-unsaturated/α-hetero) is 1. The Kier molecular flexibility index (Phi) is 4.96. The molecule has 1 saturated heterocycles. The van der Waals surface area contributed by atoms with Crippen LogP contribution in [0.3, 0.4) is 0 Å². The van der Waals surface area contributed by atoms with E-state index >= 15 is 0 Å². The smallest absolute Gasteiger partial charge is 0.336 e. The van der Waals surface area contributed by atoms with Crippen molar-refractivity contribution < 1.29 is 19.1 Å². The summed E-state index contributed by atoms with van der Waals surface area (Å²) in [4.78, 5) is 26.6. The lowest BCUT2D eigenvalue weighted by atomic mass is 9.78. The Morgan fingerprint density at radius 3 is 3.00 bits per heavy atom. The van der Waals surface area contributed by atoms with Crippen molar-refractivity contribution >= 4 is 23.1 Å². The maximum Gasteiger partial charge on any atom is 0.336 e. The average Bonchev–Trinajstić information content (AvgIpc) is 3.32. The minimum atomic E-state index is -0.353. The molecule has 0 spiro atoms. The van der Waals surface area contributed by atoms with Gasteiger partial charge >= 0.3 is 5.97 Å². The molecule has 1 N–H and O–H groups in total. The molecule has 138 valence electrons. The Bertz CT molecular complexity index is 772. The van der Waals surface area contributed by atoms with Crippen molar-refractivity contribution in [2.75, 3.05) is 13.2 Å². The molecule has 0 saturated carbocycles. The van der Waals surface area contributed by atoms with Crippen LogP contribution < -0.4 is 5.32 Å². The Morgan fingerprint density at radius 1 is 1.38 bits per heavy atom. The summed E-state index contributed by atoms with van der Waals surface area (Å²) in [5.74, 6) is -0.543. The second-order valence-corrected chi connectivity index (χ2v) is 7.99. The number of thiophene rings is 1. The Hall–Kier alpha value is -1.92. The van der Waals surface area contributed by atoms with E-state index in [1.165, 1.54) is 0 Å². The fraction of sp³-hybridized carbons (Fsp3) is 0.500. The lowest BCUT2D eigenvalue weighted by Crippen LogP contribution is -2.34. The van der Waals surface area contributed by atoms with Gasteiger partial charge in [-0.2, -0.15) is 0 Å². The number of carbonyl (C=O) groups is 2. The molecule has 0 aromatic carbocycles. The van der Waals surface area contributed by atoms with Crippen molar-refractivity contribution in [3.63, 3.8) is 0 Å². The molecule has 0 unspecified atom stereocenters. The van der Waals surface area contributed by atoms with Crippen LogP contribution in [0.4, 0.5) is 0 Å². The molecule has 1 aromatic heterocycles. The number of nitrogens with one attached hydrogen (secondary N) is 1. The molecule has 1 fully saturated rings. The summed E-state index contributed by atoms with van der Waals surface area (Å²) in [6, 6.07) is 3.95. The number of ketones is 1. The molecule has 6 heteroatoms. The highest BCUT2D eigenvalue weighted by molar-refractivity contribution is 7.10. The van der Waals surface area contributed by atoms with Crippen molar-refractivity contribution in [1.29, 1.82) is 0 Å². The largest absolute Gasteiger partial charge is 0.459 e. The first kappa shape index (κ1) is 17.5. The van der Waals surface area contributed by atoms with Gasteiger partial charge in [0.1, 0.15) is 6.61 Å². The van der Waals surface area contributed by atoms with Crippen LogP contribution in [-0.4, -0.2) is 31.1 Å². The monoisotopic (exact) mass is 373 g/mol. The van der Waals surface area contributed by atoms with Gasteiger partial charge in [0.15, 0.2) is 5.78 Å². The number of allylic oxidation sites excluding steroid dienone is 3. The van der Waals surface area contributed by atoms with E-state index in [1.54, 1.807) is 11.3 Å². The fourth-order valence-corrected chi connectivity index (χ4v) is 4.86. The zero-order valence-corrected chi connectivity index (χ0v) is 15.7. The zero-order chi connectivity index (χ0) is 18.1. The number of rotatable bonds is 4. The molecule has 2 aliphatic heterocycles. The normalized spacial score (nSPS) is 26.0. The van der Waals surface area contributed by atoms with E-state index in [1.807, 2.05) is 24.4 Å². The number of hydrogen-bond acceptors (Lipinski definition) is 6. The summed E-state index contributed by atoms with van der Waals surface area (Å²) < 4.78 is 11.1. The minimum Gasteiger partial charge on any atom is -0.459 e. The Balaban J connectivity index is 1.64. The van der Waals surface area contributed by atoms with E-state index in [9.17, 15) is 9.59 Å². The standard InChI is InChI=1S/C20H23NO4S/c1-12-17(20(23)25-11-13-5-3-9-24-13)19(16-8-4-10-26-16)18-14(21-12)6-2-7-15(18)22/h4,8,10,13,19,21H,2-3,5-7,9,11H2,1H3/t13-,19-/m1/s1. The highest BCUT2D eigenvalue weighted by Crippen LogP contribution is 2.43. The first-order valence-corrected chi connectivity index (χ1v) is 10.1. The number of carbonyl (C=O) groups excluding carboxylic acids is 2. The summed E-state index contributed by atoms with van der Waals surface area (Å²) in [7, 11) is 0. The molecule has 0 radical (unpaired) electrons. The van der Waals surface area contributed by atoms with E-state index in [-0.39, 0.29) is 30.4 Å². The molecule has 0 amide bonds. The maximum absolute atomic E-state index is 12.9. The van der Waals surface area contributed by atoms with Gasteiger partial charge in [0, 0.05) is 34.9 Å². The third kappa shape index (κ3) is 3.23. The molecular formula is C20H23NO4S. The second-order valence-electron chi connectivity index (χ2n) is 7.01. The van der Waals surface area contributed by atoms with Crippen molar-refractivity contribution in [3.05, 3.63) is 44.9 Å². The molecule has 4 rings (SSSR count). The van der Waals surface area contributed by atoms with Crippen molar-refractivity contribution in [1.82, 2.24) is 5.32 Å². The second kappa shape index (κ2) is 7.37. The quantitative estimate of drug-likeness (QED) is 0.819. The molecule has 2 atom stereocenters. The van der Waals surface area contributed by atoms with Crippen LogP contribution in [0.2, 0.25) is 0 Å². The van der Waals surface area contributed by atoms with Crippen molar-refractivity contribution in [2.45, 2.75) is 51.0 Å². The predicted molar refractivity (Wildman–Crippen MR) is 98.7 cm³/mol. The third-order valence-corrected chi connectivity index (χ3v) is 6.18. The summed E-state index contributed by atoms with van der Waals surface area (Å²) in [5, 5.41) is 5.29. The van der Waals surface area contributed by atoms with E-state index in [2.05, 4.69) is 5.32 Å². The summed E-state index contributed by atoms with van der Waals surface area (Å²) >= 11 is 1.57. The fourth-order valence-electron chi connectivity index (χ4n) is 4.02. The molecule has 3 heterocycles. The lowest BCUT2D eigenvalue weighted by molar-refractivity contribution is -0.142. The van der Waals surface area contributed by atoms with Gasteiger partial charge in [-0.25, -0.2) is 4.79 Å². The van der Waals surface area contributed by atoms with Gasteiger partial charge < -0.3 is 14.8 Å². The molecule has 1 aromatic rings. The van der Waals surface area contributed by atoms with E-state index in [0.717, 1.165) is 54.1 Å². The molecule has 1 aliphatic carbocycles. The van der Waals surface area contributed by atoms with Gasteiger partial charge in [0.05, 0.1) is 17.6 Å². The summed E-state index contributed by atoms with van der Waals surface area (Å²) in [6.07, 6.45) is 4.16. The summed E-state index contributed by atoms with van der Waals surface area (Å²) in [6.45, 7) is 2.90. The van der Waals surface area contributed by atoms with Gasteiger partial charge in [-0.3, -0.25) is 4.79 Å². The number of ether oxygens (including phenoxy) is 2. The molecule has 26 heavy (non-hydrogen) atoms. The summed E-state index contributed by atoms with van der Waals surface area (Å²) in [5.41, 5.74) is 3.05. The van der Waals surface area contributed by atoms with Crippen molar-refractivity contribution in [3.8, 4) is 0 Å². The number of esters is 1. The Morgan fingerprint density at radius 2 is 2.27 bits per heavy atom. The SMILES string of the molecule is CC1=C(C(=O)OC[C@H]2CCCO2)[C@@H](c2cccs2)C2=C(CCCC2=O)N1. The minimum absolute atomic E-state index is 0.0114. The zero-order valence-electron chi connectivity index (χ0n) is 14.9. The van der Waals surface area contributed by atoms with E-state index in [4.69, 9.17) is 9.47 Å². The first-order valence-electron chi connectivity index (χ1n) is 9.21. The van der Waals surface area contributed by atoms with Gasteiger partial charge in [-0.05, 0) is 44.1 Å². The Labute approximate surface area is 157 Å². The highest BCUT2D eigenvalue weighted by atomic mass is 32.1. The van der Waals surface area contributed by atoms with E-state index in [0.29, 0.717) is 12.0 Å². The molecular weight excluding hydrogens is 350 g/mol. The van der Waals surface area contributed by atoms with Gasteiger partial charge in [0.25, 0.3) is 0 Å². The first-order chi connectivity index (χ1) is 12.6. The van der Waals surface area contributed by atoms with E-state index < -0.39 is 0 Å². The lowest BCUT2D eigenvalue weighted by Gasteiger charge is -2.33. The van der Waals surface area contributed by atoms with Crippen LogP contribution in [-0.2, 0) is 19.1 Å². The highest BCUT2D eigenvalue weighted by Gasteiger charge is 2.39. The van der Waals surface area contributed by atoms with Gasteiger partial charge in [0.2, 0.25) is 0 Å². The van der Waals surface area contributed by atoms with Gasteiger partial charge in [-0.1, -0.05) is 6.07 Å². The predicted octanol–water partition coefficient (Wildman–Crippen LogP) is 3.44. The number of hydrogen-bond donors (Lipinski definition) is 1. The van der Waals surface area contributed by atoms with Crippen LogP contribution in [0.1, 0.15) is 49.8 Å². The molecule has 0 bridgehead atoms. The third-order valence-electron chi connectivity index (χ3n) is 5.25. The van der Waals surface area contributed by atoms with Crippen LogP contribution in [0.15, 0.2) is 40.1 Å². The van der Waals surface area contributed by atoms with Crippen LogP contribution in [0.5, 0.6) is 0 Å². The van der Waals surface area contributed by atoms with Crippen molar-refractivity contribution in [2.24, 2.45) is 0 Å². The van der Waals surface area contributed by atoms with Crippen LogP contribution in [0.25, 0.3) is 0 Å². The topological polar surface area (TPSA) is 64.6 Å². The van der Waals surface area contributed by atoms with Crippen LogP contribution in [0, 0.1) is 0 Å². The molecule has 3 aliphatic rings. The van der Waals surface area contributed by atoms with Crippen LogP contribution >= 0.6 is 11.3 Å². The number of dihydropyridines is 1. The molecule has 5 nitrogen and oxygen atoms in total.